The highest BCUT2D eigenvalue weighted by atomic mass is 19.3. The van der Waals surface area contributed by atoms with Gasteiger partial charge in [0.15, 0.2) is 18.2 Å². The second-order valence-corrected chi connectivity index (χ2v) is 9.10. The van der Waals surface area contributed by atoms with Crippen LogP contribution in [0, 0.1) is 11.7 Å². The first-order chi connectivity index (χ1) is 16.2. The molecule has 34 heavy (non-hydrogen) atoms. The third-order valence-corrected chi connectivity index (χ3v) is 6.07. The lowest BCUT2D eigenvalue weighted by molar-refractivity contribution is -0.133. The summed E-state index contributed by atoms with van der Waals surface area (Å²) in [5.74, 6) is -3.47. The van der Waals surface area contributed by atoms with Crippen molar-refractivity contribution >= 4 is 11.9 Å². The Kier molecular flexibility index (Phi) is 7.25. The maximum absolute atomic E-state index is 14.9. The van der Waals surface area contributed by atoms with Gasteiger partial charge in [-0.1, -0.05) is 13.8 Å². The molecule has 1 aromatic heterocycles. The minimum absolute atomic E-state index is 0.0708. The number of rotatable bonds is 8. The lowest BCUT2D eigenvalue weighted by Crippen LogP contribution is -2.47. The van der Waals surface area contributed by atoms with Crippen molar-refractivity contribution in [2.75, 3.05) is 44.6 Å². The number of carbonyl (C=O) groups excluding carboxylic acids is 1. The molecule has 1 aliphatic heterocycles. The van der Waals surface area contributed by atoms with Crippen LogP contribution in [0.4, 0.5) is 19.1 Å². The van der Waals surface area contributed by atoms with Crippen molar-refractivity contribution in [2.45, 2.75) is 39.0 Å². The Labute approximate surface area is 197 Å². The fourth-order valence-corrected chi connectivity index (χ4v) is 4.12. The molecule has 1 aliphatic carbocycles. The van der Waals surface area contributed by atoms with Crippen molar-refractivity contribution in [3.63, 3.8) is 0 Å². The van der Waals surface area contributed by atoms with Crippen molar-refractivity contribution < 1.29 is 22.7 Å². The van der Waals surface area contributed by atoms with Gasteiger partial charge in [0.25, 0.3) is 11.8 Å². The normalized spacial score (nSPS) is 17.1. The smallest absolute Gasteiger partial charge is 0.290 e. The molecular weight excluding hydrogens is 447 g/mol. The topological polar surface area (TPSA) is 79.4 Å². The van der Waals surface area contributed by atoms with Gasteiger partial charge < -0.3 is 20.3 Å². The first-order valence-corrected chi connectivity index (χ1v) is 11.7. The third kappa shape index (κ3) is 5.43. The molecule has 1 saturated heterocycles. The Morgan fingerprint density at radius 3 is 2.74 bits per heavy atom. The van der Waals surface area contributed by atoms with Crippen LogP contribution in [-0.4, -0.2) is 60.1 Å². The monoisotopic (exact) mass is 477 g/mol. The number of carbonyl (C=O) groups is 1. The molecule has 2 aliphatic rings. The van der Waals surface area contributed by atoms with E-state index in [1.807, 2.05) is 0 Å². The molecule has 0 saturated carbocycles. The quantitative estimate of drug-likeness (QED) is 0.605. The highest BCUT2D eigenvalue weighted by molar-refractivity contribution is 5.78. The predicted octanol–water partition coefficient (Wildman–Crippen LogP) is 3.59. The largest absolute Gasteiger partial charge is 0.481 e. The molecule has 0 bridgehead atoms. The van der Waals surface area contributed by atoms with E-state index in [9.17, 15) is 18.0 Å². The molecule has 0 atom stereocenters. The van der Waals surface area contributed by atoms with Crippen molar-refractivity contribution in [1.82, 2.24) is 20.2 Å². The number of piperazine rings is 1. The zero-order valence-corrected chi connectivity index (χ0v) is 19.5. The van der Waals surface area contributed by atoms with Gasteiger partial charge in [-0.2, -0.15) is 8.78 Å². The summed E-state index contributed by atoms with van der Waals surface area (Å²) in [6, 6.07) is 4.19. The average Bonchev–Trinajstić information content (AvgIpc) is 3.12. The molecule has 2 aromatic rings. The van der Waals surface area contributed by atoms with Gasteiger partial charge in [0.05, 0.1) is 5.69 Å². The minimum Gasteiger partial charge on any atom is -0.481 e. The molecule has 1 amide bonds. The molecule has 10 heteroatoms. The summed E-state index contributed by atoms with van der Waals surface area (Å²) < 4.78 is 49.2. The van der Waals surface area contributed by atoms with Crippen LogP contribution in [0.3, 0.4) is 0 Å². The van der Waals surface area contributed by atoms with E-state index in [1.54, 1.807) is 11.0 Å². The molecule has 0 unspecified atom stereocenters. The molecule has 2 N–H and O–H groups in total. The Hall–Kier alpha value is -2.88. The van der Waals surface area contributed by atoms with Gasteiger partial charge in [-0.15, -0.1) is 0 Å². The molecule has 0 spiro atoms. The average molecular weight is 478 g/mol. The number of fused-ring (bicyclic) bond motifs is 1. The molecule has 1 aromatic carbocycles. The molecule has 1 fully saturated rings. The first-order valence-electron chi connectivity index (χ1n) is 11.7. The third-order valence-electron chi connectivity index (χ3n) is 6.07. The number of hydrogen-bond acceptors (Lipinski definition) is 6. The molecule has 4 rings (SSSR count). The summed E-state index contributed by atoms with van der Waals surface area (Å²) in [5, 5.41) is 6.18. The summed E-state index contributed by atoms with van der Waals surface area (Å²) in [6.07, 6.45) is 0.597. The number of nitrogens with zero attached hydrogens (tertiary/aromatic N) is 3. The van der Waals surface area contributed by atoms with Gasteiger partial charge >= 0.3 is 0 Å². The molecular formula is C24H30F3N5O2. The summed E-state index contributed by atoms with van der Waals surface area (Å²) in [4.78, 5) is 22.5. The number of hydrogen-bond donors (Lipinski definition) is 2. The van der Waals surface area contributed by atoms with Gasteiger partial charge in [-0.3, -0.25) is 4.79 Å². The fourth-order valence-electron chi connectivity index (χ4n) is 4.12. The van der Waals surface area contributed by atoms with Gasteiger partial charge in [0, 0.05) is 50.3 Å². The van der Waals surface area contributed by atoms with Crippen molar-refractivity contribution in [3.05, 3.63) is 35.3 Å². The van der Waals surface area contributed by atoms with Gasteiger partial charge in [-0.25, -0.2) is 14.4 Å². The van der Waals surface area contributed by atoms with Crippen molar-refractivity contribution in [1.29, 1.82) is 0 Å². The van der Waals surface area contributed by atoms with Crippen LogP contribution >= 0.6 is 0 Å². The highest BCUT2D eigenvalue weighted by Crippen LogP contribution is 2.44. The Morgan fingerprint density at radius 2 is 2.03 bits per heavy atom. The van der Waals surface area contributed by atoms with E-state index in [0.29, 0.717) is 49.8 Å². The van der Waals surface area contributed by atoms with E-state index in [0.717, 1.165) is 6.42 Å². The van der Waals surface area contributed by atoms with Crippen molar-refractivity contribution in [3.8, 4) is 17.0 Å². The van der Waals surface area contributed by atoms with Crippen LogP contribution in [0.25, 0.3) is 11.3 Å². The van der Waals surface area contributed by atoms with Gasteiger partial charge in [-0.05, 0) is 37.0 Å². The number of amides is 1. The van der Waals surface area contributed by atoms with Crippen LogP contribution in [0.5, 0.6) is 5.75 Å². The highest BCUT2D eigenvalue weighted by Gasteiger charge is 2.43. The van der Waals surface area contributed by atoms with E-state index >= 15 is 0 Å². The predicted molar refractivity (Wildman–Crippen MR) is 123 cm³/mol. The standard InChI is InChI=1S/C24H30F3N5O2/c1-15(2)6-8-29-23-30-21(17-5-7-24(26,27)22(17)31-23)16-3-4-19(18(25)13-16)34-14-20(33)32-11-9-28-10-12-32/h3-4,13,15,28H,5-12,14H2,1-2H3,(H,29,30,31). The van der Waals surface area contributed by atoms with E-state index in [4.69, 9.17) is 4.74 Å². The van der Waals surface area contributed by atoms with E-state index in [2.05, 4.69) is 34.4 Å². The molecule has 0 radical (unpaired) electrons. The van der Waals surface area contributed by atoms with E-state index < -0.39 is 11.7 Å². The Bertz CT molecular complexity index is 1040. The van der Waals surface area contributed by atoms with Crippen LogP contribution in [-0.2, 0) is 17.1 Å². The number of benzene rings is 1. The number of ether oxygens (including phenoxy) is 1. The van der Waals surface area contributed by atoms with Crippen LogP contribution in [0.15, 0.2) is 18.2 Å². The number of alkyl halides is 2. The fraction of sp³-hybridized carbons (Fsp3) is 0.542. The molecule has 7 nitrogen and oxygen atoms in total. The molecule has 2 heterocycles. The summed E-state index contributed by atoms with van der Waals surface area (Å²) in [6.45, 7) is 7.00. The summed E-state index contributed by atoms with van der Waals surface area (Å²) in [5.41, 5.74) is 0.686. The zero-order chi connectivity index (χ0) is 24.3. The minimum atomic E-state index is -3.05. The second-order valence-electron chi connectivity index (χ2n) is 9.10. The number of aromatic nitrogens is 2. The summed E-state index contributed by atoms with van der Waals surface area (Å²) in [7, 11) is 0. The van der Waals surface area contributed by atoms with Gasteiger partial charge in [0.1, 0.15) is 5.69 Å². The Balaban J connectivity index is 1.54. The van der Waals surface area contributed by atoms with Crippen LogP contribution in [0.1, 0.15) is 37.9 Å². The maximum Gasteiger partial charge on any atom is 0.290 e. The van der Waals surface area contributed by atoms with Gasteiger partial charge in [0.2, 0.25) is 5.95 Å². The van der Waals surface area contributed by atoms with E-state index in [1.165, 1.54) is 12.1 Å². The zero-order valence-electron chi connectivity index (χ0n) is 19.5. The molecule has 184 valence electrons. The van der Waals surface area contributed by atoms with Crippen LogP contribution < -0.4 is 15.4 Å². The first kappa shape index (κ1) is 24.3. The summed E-state index contributed by atoms with van der Waals surface area (Å²) >= 11 is 0. The maximum atomic E-state index is 14.9. The second kappa shape index (κ2) is 10.2. The van der Waals surface area contributed by atoms with Crippen molar-refractivity contribution in [2.24, 2.45) is 5.92 Å². The number of halogens is 3. The van der Waals surface area contributed by atoms with Crippen LogP contribution in [0.2, 0.25) is 0 Å². The number of anilines is 1. The SMILES string of the molecule is CC(C)CCNc1nc(-c2ccc(OCC(=O)N3CCNCC3)c(F)c2)c2c(n1)C(F)(F)CC2. The van der Waals surface area contributed by atoms with E-state index in [-0.39, 0.29) is 48.4 Å². The number of nitrogens with one attached hydrogen (secondary N) is 2. The lowest BCUT2D eigenvalue weighted by atomic mass is 10.0. The lowest BCUT2D eigenvalue weighted by Gasteiger charge is -2.27. The Morgan fingerprint density at radius 1 is 1.26 bits per heavy atom.